The third-order valence-corrected chi connectivity index (χ3v) is 4.46. The summed E-state index contributed by atoms with van der Waals surface area (Å²) >= 11 is 0. The molecule has 0 aliphatic rings. The topological polar surface area (TPSA) is 82.5 Å². The molecule has 0 aliphatic heterocycles. The predicted octanol–water partition coefficient (Wildman–Crippen LogP) is 4.18. The molecule has 6 nitrogen and oxygen atoms in total. The first-order valence-electron chi connectivity index (χ1n) is 9.53. The van der Waals surface area contributed by atoms with Crippen LogP contribution in [-0.4, -0.2) is 22.0 Å². The molecule has 2 N–H and O–H groups in total. The number of carboxylic acids is 1. The molecule has 0 fully saturated rings. The third kappa shape index (κ3) is 6.04. The van der Waals surface area contributed by atoms with E-state index in [0.717, 1.165) is 18.0 Å². The quantitative estimate of drug-likeness (QED) is 0.554. The van der Waals surface area contributed by atoms with Gasteiger partial charge in [-0.15, -0.1) is 0 Å². The molecular weight excluding hydrogens is 378 g/mol. The molecule has 0 unspecified atom stereocenters. The van der Waals surface area contributed by atoms with Crippen molar-refractivity contribution in [1.29, 1.82) is 0 Å². The second-order valence-corrected chi connectivity index (χ2v) is 6.79. The smallest absolute Gasteiger partial charge is 0.328 e. The van der Waals surface area contributed by atoms with E-state index in [-0.39, 0.29) is 0 Å². The van der Waals surface area contributed by atoms with Crippen LogP contribution in [0.3, 0.4) is 0 Å². The Balaban J connectivity index is 1.82. The number of pyridine rings is 1. The number of amides is 1. The first-order valence-corrected chi connectivity index (χ1v) is 9.53. The van der Waals surface area contributed by atoms with Crippen LogP contribution in [0, 0.1) is 6.92 Å². The number of carbonyl (C=O) groups is 2. The van der Waals surface area contributed by atoms with Crippen LogP contribution in [0.4, 0.5) is 11.5 Å². The highest BCUT2D eigenvalue weighted by atomic mass is 16.4. The number of hydrogen-bond donors (Lipinski definition) is 2. The molecule has 1 heterocycles. The molecule has 0 radical (unpaired) electrons. The number of hydrogen-bond acceptors (Lipinski definition) is 4. The van der Waals surface area contributed by atoms with Crippen LogP contribution in [0.2, 0.25) is 0 Å². The van der Waals surface area contributed by atoms with Crippen molar-refractivity contribution in [2.75, 3.05) is 10.2 Å². The summed E-state index contributed by atoms with van der Waals surface area (Å²) in [4.78, 5) is 29.3. The van der Waals surface area contributed by atoms with E-state index >= 15 is 0 Å². The summed E-state index contributed by atoms with van der Waals surface area (Å²) in [5.74, 6) is -0.896. The number of aryl methyl sites for hydroxylation is 1. The van der Waals surface area contributed by atoms with Gasteiger partial charge >= 0.3 is 5.97 Å². The van der Waals surface area contributed by atoms with Gasteiger partial charge in [-0.05, 0) is 30.2 Å². The average molecular weight is 401 g/mol. The first kappa shape index (κ1) is 20.8. The van der Waals surface area contributed by atoms with Crippen LogP contribution in [-0.2, 0) is 22.7 Å². The maximum absolute atomic E-state index is 11.9. The first-order chi connectivity index (χ1) is 14.5. The molecule has 0 saturated carbocycles. The summed E-state index contributed by atoms with van der Waals surface area (Å²) in [6.07, 6.45) is 1.78. The van der Waals surface area contributed by atoms with Crippen molar-refractivity contribution >= 4 is 23.4 Å². The fraction of sp³-hybridized carbons (Fsp3) is 0.125. The predicted molar refractivity (Wildman–Crippen MR) is 117 cm³/mol. The van der Waals surface area contributed by atoms with Crippen LogP contribution in [0.15, 0.2) is 84.9 Å². The number of carboxylic acid groups (broad SMARTS) is 1. The van der Waals surface area contributed by atoms with Gasteiger partial charge in [-0.1, -0.05) is 60.7 Å². The van der Waals surface area contributed by atoms with Crippen molar-refractivity contribution in [3.63, 3.8) is 0 Å². The Hall–Kier alpha value is -3.93. The van der Waals surface area contributed by atoms with Crippen LogP contribution in [0.5, 0.6) is 0 Å². The van der Waals surface area contributed by atoms with Crippen LogP contribution in [0.25, 0.3) is 0 Å². The number of anilines is 2. The molecule has 1 aromatic heterocycles. The molecule has 3 aromatic rings. The minimum atomic E-state index is -1.17. The highest BCUT2D eigenvalue weighted by Crippen LogP contribution is 2.22. The number of aromatic nitrogens is 1. The molecule has 2 aromatic carbocycles. The van der Waals surface area contributed by atoms with E-state index in [4.69, 9.17) is 5.11 Å². The van der Waals surface area contributed by atoms with Gasteiger partial charge in [0.15, 0.2) is 0 Å². The molecular formula is C24H23N3O3. The van der Waals surface area contributed by atoms with E-state index in [9.17, 15) is 9.59 Å². The number of rotatable bonds is 8. The fourth-order valence-corrected chi connectivity index (χ4v) is 3.00. The van der Waals surface area contributed by atoms with Crippen molar-refractivity contribution in [3.8, 4) is 0 Å². The minimum absolute atomic E-state index is 0.513. The van der Waals surface area contributed by atoms with E-state index in [1.54, 1.807) is 6.07 Å². The molecule has 0 atom stereocenters. The van der Waals surface area contributed by atoms with E-state index < -0.39 is 11.9 Å². The van der Waals surface area contributed by atoms with Crippen molar-refractivity contribution in [3.05, 3.63) is 102 Å². The Morgan fingerprint density at radius 2 is 1.47 bits per heavy atom. The number of benzene rings is 2. The van der Waals surface area contributed by atoms with Gasteiger partial charge in [0.1, 0.15) is 5.82 Å². The highest BCUT2D eigenvalue weighted by Gasteiger charge is 2.12. The summed E-state index contributed by atoms with van der Waals surface area (Å²) in [5, 5.41) is 11.3. The maximum atomic E-state index is 11.9. The molecule has 1 amide bonds. The summed E-state index contributed by atoms with van der Waals surface area (Å²) in [6.45, 7) is 3.19. The second-order valence-electron chi connectivity index (χ2n) is 6.79. The van der Waals surface area contributed by atoms with Crippen molar-refractivity contribution in [1.82, 2.24) is 4.98 Å². The van der Waals surface area contributed by atoms with Gasteiger partial charge in [0.25, 0.3) is 0 Å². The molecule has 30 heavy (non-hydrogen) atoms. The molecule has 3 rings (SSSR count). The molecule has 0 saturated heterocycles. The summed E-state index contributed by atoms with van der Waals surface area (Å²) in [6, 6.07) is 24.0. The third-order valence-electron chi connectivity index (χ3n) is 4.46. The SMILES string of the molecule is Cc1nc(N(Cc2ccccc2)Cc2ccccc2)ccc1NC(=O)/C=C/C(=O)O. The Kier molecular flexibility index (Phi) is 6.95. The zero-order chi connectivity index (χ0) is 21.3. The van der Waals surface area contributed by atoms with Gasteiger partial charge in [0.2, 0.25) is 5.91 Å². The van der Waals surface area contributed by atoms with Gasteiger partial charge in [0, 0.05) is 25.2 Å². The van der Waals surface area contributed by atoms with Crippen LogP contribution in [0.1, 0.15) is 16.8 Å². The zero-order valence-electron chi connectivity index (χ0n) is 16.7. The van der Waals surface area contributed by atoms with E-state index in [0.29, 0.717) is 24.5 Å². The maximum Gasteiger partial charge on any atom is 0.328 e. The van der Waals surface area contributed by atoms with E-state index in [2.05, 4.69) is 39.5 Å². The van der Waals surface area contributed by atoms with Gasteiger partial charge in [0.05, 0.1) is 11.4 Å². The lowest BCUT2D eigenvalue weighted by atomic mass is 10.1. The largest absolute Gasteiger partial charge is 0.478 e. The molecule has 0 aliphatic carbocycles. The molecule has 6 heteroatoms. The number of aliphatic carboxylic acids is 1. The molecule has 152 valence electrons. The summed E-state index contributed by atoms with van der Waals surface area (Å²) < 4.78 is 0. The monoisotopic (exact) mass is 401 g/mol. The lowest BCUT2D eigenvalue weighted by Gasteiger charge is -2.25. The standard InChI is InChI=1S/C24H23N3O3/c1-18-21(26-23(28)14-15-24(29)30)12-13-22(25-18)27(16-19-8-4-2-5-9-19)17-20-10-6-3-7-11-20/h2-15H,16-17H2,1H3,(H,26,28)(H,29,30)/b15-14+. The Morgan fingerprint density at radius 1 is 0.900 bits per heavy atom. The average Bonchev–Trinajstić information content (AvgIpc) is 2.75. The van der Waals surface area contributed by atoms with Crippen molar-refractivity contribution in [2.24, 2.45) is 0 Å². The lowest BCUT2D eigenvalue weighted by molar-refractivity contribution is -0.131. The summed E-state index contributed by atoms with van der Waals surface area (Å²) in [5.41, 5.74) is 3.53. The van der Waals surface area contributed by atoms with Gasteiger partial charge in [-0.2, -0.15) is 0 Å². The molecule has 0 spiro atoms. The Labute approximate surface area is 175 Å². The van der Waals surface area contributed by atoms with Gasteiger partial charge in [-0.25, -0.2) is 9.78 Å². The Morgan fingerprint density at radius 3 is 1.97 bits per heavy atom. The minimum Gasteiger partial charge on any atom is -0.478 e. The van der Waals surface area contributed by atoms with Crippen LogP contribution < -0.4 is 10.2 Å². The van der Waals surface area contributed by atoms with Gasteiger partial charge < -0.3 is 15.3 Å². The number of carbonyl (C=O) groups excluding carboxylic acids is 1. The number of nitrogens with zero attached hydrogens (tertiary/aromatic N) is 2. The lowest BCUT2D eigenvalue weighted by Crippen LogP contribution is -2.23. The zero-order valence-corrected chi connectivity index (χ0v) is 16.7. The fourth-order valence-electron chi connectivity index (χ4n) is 3.00. The Bertz CT molecular complexity index is 993. The van der Waals surface area contributed by atoms with Crippen molar-refractivity contribution < 1.29 is 14.7 Å². The van der Waals surface area contributed by atoms with E-state index in [1.165, 1.54) is 11.1 Å². The second kappa shape index (κ2) is 10.0. The molecule has 0 bridgehead atoms. The highest BCUT2D eigenvalue weighted by molar-refractivity contribution is 6.02. The number of nitrogens with one attached hydrogen (secondary N) is 1. The summed E-state index contributed by atoms with van der Waals surface area (Å²) in [7, 11) is 0. The van der Waals surface area contributed by atoms with Gasteiger partial charge in [-0.3, -0.25) is 4.79 Å². The van der Waals surface area contributed by atoms with Crippen molar-refractivity contribution in [2.45, 2.75) is 20.0 Å². The van der Waals surface area contributed by atoms with E-state index in [1.807, 2.05) is 49.4 Å². The van der Waals surface area contributed by atoms with Crippen LogP contribution >= 0.6 is 0 Å². The normalized spacial score (nSPS) is 10.7.